The molecule has 0 aromatic heterocycles. The van der Waals surface area contributed by atoms with Gasteiger partial charge in [0, 0.05) is 18.8 Å². The molecule has 0 unspecified atom stereocenters. The van der Waals surface area contributed by atoms with E-state index in [1.165, 1.54) is 7.05 Å². The van der Waals surface area contributed by atoms with Crippen LogP contribution in [0.3, 0.4) is 0 Å². The van der Waals surface area contributed by atoms with Gasteiger partial charge in [-0.3, -0.25) is 9.69 Å². The maximum absolute atomic E-state index is 11.2. The molecule has 70 valence electrons. The Morgan fingerprint density at radius 1 is 1.42 bits per heavy atom. The van der Waals surface area contributed by atoms with E-state index < -0.39 is 11.6 Å². The van der Waals surface area contributed by atoms with Crippen molar-refractivity contribution >= 4 is 24.2 Å². The number of rotatable bonds is 1. The van der Waals surface area contributed by atoms with E-state index in [-0.39, 0.29) is 0 Å². The fourth-order valence-electron chi connectivity index (χ4n) is 0.471. The van der Waals surface area contributed by atoms with Crippen LogP contribution in [-0.2, 0) is 4.79 Å². The lowest BCUT2D eigenvalue weighted by Gasteiger charge is -2.30. The molecule has 4 nitrogen and oxygen atoms in total. The number of nitrogens with zero attached hydrogens (tertiary/aromatic N) is 2. The maximum atomic E-state index is 11.2. The summed E-state index contributed by atoms with van der Waals surface area (Å²) < 4.78 is 0.988. The van der Waals surface area contributed by atoms with Crippen LogP contribution in [0.4, 0.5) is 4.79 Å². The Labute approximate surface area is 77.2 Å². The summed E-state index contributed by atoms with van der Waals surface area (Å²) >= 11 is 5.66. The second-order valence-electron chi connectivity index (χ2n) is 3.45. The predicted octanol–water partition coefficient (Wildman–Crippen LogP) is 1.45. The number of carbonyl (C=O) groups is 2. The Balaban J connectivity index is 4.40. The van der Waals surface area contributed by atoms with Crippen LogP contribution in [0.1, 0.15) is 20.8 Å². The number of hydrogen-bond donors (Lipinski definition) is 0. The van der Waals surface area contributed by atoms with Crippen LogP contribution in [0.25, 0.3) is 0 Å². The van der Waals surface area contributed by atoms with Crippen LogP contribution < -0.4 is 0 Å². The molecule has 5 heteroatoms. The molecule has 0 aliphatic carbocycles. The Bertz CT molecular complexity index is 188. The van der Waals surface area contributed by atoms with Crippen LogP contribution in [-0.4, -0.2) is 34.3 Å². The monoisotopic (exact) mass is 192 g/mol. The molecule has 0 N–H and O–H groups in total. The van der Waals surface area contributed by atoms with Gasteiger partial charge in [0.15, 0.2) is 0 Å². The van der Waals surface area contributed by atoms with E-state index in [0.29, 0.717) is 6.41 Å². The SMILES string of the molecule is CN(C=O)C(=O)N(Cl)C(C)(C)C. The van der Waals surface area contributed by atoms with Gasteiger partial charge in [-0.1, -0.05) is 0 Å². The maximum Gasteiger partial charge on any atom is 0.341 e. The first-order valence-corrected chi connectivity index (χ1v) is 3.82. The second-order valence-corrected chi connectivity index (χ2v) is 3.79. The molecule has 0 spiro atoms. The van der Waals surface area contributed by atoms with Crippen molar-refractivity contribution in [2.24, 2.45) is 0 Å². The molecule has 0 saturated heterocycles. The molecule has 0 atom stereocenters. The molecule has 0 fully saturated rings. The van der Waals surface area contributed by atoms with Gasteiger partial charge in [-0.05, 0) is 20.8 Å². The average molecular weight is 193 g/mol. The predicted molar refractivity (Wildman–Crippen MR) is 46.7 cm³/mol. The summed E-state index contributed by atoms with van der Waals surface area (Å²) in [5.41, 5.74) is -0.490. The average Bonchev–Trinajstić information content (AvgIpc) is 1.98. The van der Waals surface area contributed by atoms with Gasteiger partial charge in [-0.15, -0.1) is 0 Å². The Morgan fingerprint density at radius 2 is 1.83 bits per heavy atom. The van der Waals surface area contributed by atoms with Crippen molar-refractivity contribution < 1.29 is 9.59 Å². The highest BCUT2D eigenvalue weighted by Crippen LogP contribution is 2.17. The number of halogens is 1. The smallest absolute Gasteiger partial charge is 0.278 e. The zero-order valence-corrected chi connectivity index (χ0v) is 8.42. The summed E-state index contributed by atoms with van der Waals surface area (Å²) in [6, 6.07) is -0.529. The fraction of sp³-hybridized carbons (Fsp3) is 0.714. The highest BCUT2D eigenvalue weighted by atomic mass is 35.5. The lowest BCUT2D eigenvalue weighted by Crippen LogP contribution is -2.44. The van der Waals surface area contributed by atoms with Crippen molar-refractivity contribution in [3.8, 4) is 0 Å². The van der Waals surface area contributed by atoms with Crippen molar-refractivity contribution in [3.63, 3.8) is 0 Å². The van der Waals surface area contributed by atoms with Crippen LogP contribution in [0.5, 0.6) is 0 Å². The Morgan fingerprint density at radius 3 is 2.08 bits per heavy atom. The lowest BCUT2D eigenvalue weighted by molar-refractivity contribution is -0.115. The summed E-state index contributed by atoms with van der Waals surface area (Å²) in [5.74, 6) is 0. The third kappa shape index (κ3) is 2.70. The van der Waals surface area contributed by atoms with E-state index in [2.05, 4.69) is 0 Å². The third-order valence-corrected chi connectivity index (χ3v) is 1.87. The van der Waals surface area contributed by atoms with Gasteiger partial charge >= 0.3 is 6.03 Å². The second kappa shape index (κ2) is 3.76. The molecule has 0 aromatic carbocycles. The minimum atomic E-state index is -0.529. The first-order chi connectivity index (χ1) is 5.30. The summed E-state index contributed by atoms with van der Waals surface area (Å²) in [7, 11) is 1.36. The molecule has 3 amide bonds. The largest absolute Gasteiger partial charge is 0.341 e. The van der Waals surface area contributed by atoms with Gasteiger partial charge in [-0.25, -0.2) is 9.21 Å². The first kappa shape index (κ1) is 11.2. The number of imide groups is 1. The first-order valence-electron chi connectivity index (χ1n) is 3.49. The molecule has 0 rings (SSSR count). The van der Waals surface area contributed by atoms with Crippen LogP contribution in [0, 0.1) is 0 Å². The van der Waals surface area contributed by atoms with Gasteiger partial charge in [0.1, 0.15) is 0 Å². The van der Waals surface area contributed by atoms with Crippen LogP contribution >= 0.6 is 11.8 Å². The molecule has 0 bridgehead atoms. The number of carbonyl (C=O) groups excluding carboxylic acids is 2. The standard InChI is InChI=1S/C7H13ClN2O2/c1-7(2,3)10(8)6(12)9(4)5-11/h5H,1-4H3. The van der Waals surface area contributed by atoms with Gasteiger partial charge in [0.25, 0.3) is 0 Å². The molecule has 0 aliphatic heterocycles. The molecule has 0 saturated carbocycles. The molecular formula is C7H13ClN2O2. The molecule has 12 heavy (non-hydrogen) atoms. The van der Waals surface area contributed by atoms with Crippen molar-refractivity contribution in [1.82, 2.24) is 9.32 Å². The Kier molecular flexibility index (Phi) is 3.52. The zero-order chi connectivity index (χ0) is 9.94. The van der Waals surface area contributed by atoms with Crippen LogP contribution in [0.2, 0.25) is 0 Å². The summed E-state index contributed by atoms with van der Waals surface area (Å²) in [4.78, 5) is 22.3. The van der Waals surface area contributed by atoms with Crippen LogP contribution in [0.15, 0.2) is 0 Å². The van der Waals surface area contributed by atoms with Gasteiger partial charge in [0.05, 0.1) is 5.54 Å². The summed E-state index contributed by atoms with van der Waals surface area (Å²) in [6.07, 6.45) is 0.420. The number of amides is 3. The fourth-order valence-corrected chi connectivity index (χ4v) is 0.590. The van der Waals surface area contributed by atoms with E-state index in [9.17, 15) is 9.59 Å². The Hall–Kier alpha value is -0.770. The van der Waals surface area contributed by atoms with E-state index in [1.807, 2.05) is 0 Å². The molecule has 0 aliphatic rings. The highest BCUT2D eigenvalue weighted by molar-refractivity contribution is 6.22. The highest BCUT2D eigenvalue weighted by Gasteiger charge is 2.27. The van der Waals surface area contributed by atoms with Gasteiger partial charge < -0.3 is 0 Å². The minimum absolute atomic E-state index is 0.420. The topological polar surface area (TPSA) is 40.6 Å². The lowest BCUT2D eigenvalue weighted by atomic mass is 10.1. The quantitative estimate of drug-likeness (QED) is 0.466. The summed E-state index contributed by atoms with van der Waals surface area (Å²) in [5, 5.41) is 0. The molecule has 0 aromatic rings. The van der Waals surface area contributed by atoms with E-state index in [4.69, 9.17) is 11.8 Å². The van der Waals surface area contributed by atoms with Crippen molar-refractivity contribution in [2.75, 3.05) is 7.05 Å². The van der Waals surface area contributed by atoms with Gasteiger partial charge in [0.2, 0.25) is 6.41 Å². The summed E-state index contributed by atoms with van der Waals surface area (Å²) in [6.45, 7) is 5.32. The normalized spacial score (nSPS) is 10.8. The van der Waals surface area contributed by atoms with Crippen molar-refractivity contribution in [1.29, 1.82) is 0 Å². The molecule has 0 heterocycles. The van der Waals surface area contributed by atoms with Crippen molar-refractivity contribution in [2.45, 2.75) is 26.3 Å². The zero-order valence-electron chi connectivity index (χ0n) is 7.67. The molecule has 0 radical (unpaired) electrons. The third-order valence-electron chi connectivity index (χ3n) is 1.22. The van der Waals surface area contributed by atoms with Crippen molar-refractivity contribution in [3.05, 3.63) is 0 Å². The minimum Gasteiger partial charge on any atom is -0.278 e. The molecular weight excluding hydrogens is 180 g/mol. The van der Waals surface area contributed by atoms with E-state index in [1.54, 1.807) is 20.8 Å². The van der Waals surface area contributed by atoms with E-state index >= 15 is 0 Å². The van der Waals surface area contributed by atoms with E-state index in [0.717, 1.165) is 9.32 Å². The number of hydrogen-bond acceptors (Lipinski definition) is 2. The van der Waals surface area contributed by atoms with Gasteiger partial charge in [-0.2, -0.15) is 0 Å². The number of urea groups is 1.